The normalized spacial score (nSPS) is 12.6. The van der Waals surface area contributed by atoms with Gasteiger partial charge in [-0.1, -0.05) is 190 Å². The molecule has 1 heteroatoms. The minimum Gasteiger partial charge on any atom is -0.310 e. The zero-order valence-electron chi connectivity index (χ0n) is 31.7. The number of nitrogens with zero attached hydrogens (tertiary/aromatic N) is 1. The van der Waals surface area contributed by atoms with E-state index in [0.717, 1.165) is 11.4 Å². The van der Waals surface area contributed by atoms with Gasteiger partial charge >= 0.3 is 0 Å². The summed E-state index contributed by atoms with van der Waals surface area (Å²) in [6.07, 6.45) is 0. The van der Waals surface area contributed by atoms with Gasteiger partial charge in [0.15, 0.2) is 0 Å². The predicted octanol–water partition coefficient (Wildman–Crippen LogP) is 15.3. The second-order valence-electron chi connectivity index (χ2n) is 15.4. The standard InChI is InChI=1S/C55H41N/c1-55(2)52-35-30-45(40-18-10-5-11-19-40)36-50(52)51-37-53(48-20-12-13-21-49(48)54(51)55)56(46-31-26-43(27-32-46)39-16-8-4-9-17-39)47-33-28-44(29-34-47)42-24-22-41(23-25-42)38-14-6-3-7-15-38/h3-37H,1-2H3. The zero-order chi connectivity index (χ0) is 37.6. The van der Waals surface area contributed by atoms with E-state index in [1.165, 1.54) is 83.2 Å². The molecule has 0 aliphatic heterocycles. The van der Waals surface area contributed by atoms with Crippen LogP contribution in [0.25, 0.3) is 66.4 Å². The first-order valence-corrected chi connectivity index (χ1v) is 19.5. The van der Waals surface area contributed by atoms with Gasteiger partial charge in [0.1, 0.15) is 0 Å². The van der Waals surface area contributed by atoms with E-state index in [1.807, 2.05) is 0 Å². The minimum atomic E-state index is -0.155. The molecule has 56 heavy (non-hydrogen) atoms. The molecule has 0 heterocycles. The maximum Gasteiger partial charge on any atom is 0.0546 e. The van der Waals surface area contributed by atoms with Crippen LogP contribution in [-0.2, 0) is 5.41 Å². The summed E-state index contributed by atoms with van der Waals surface area (Å²) in [6, 6.07) is 77.5. The molecule has 0 aromatic heterocycles. The van der Waals surface area contributed by atoms with Crippen LogP contribution in [0.1, 0.15) is 25.0 Å². The van der Waals surface area contributed by atoms with Crippen molar-refractivity contribution >= 4 is 27.8 Å². The number of hydrogen-bond acceptors (Lipinski definition) is 1. The molecule has 0 atom stereocenters. The van der Waals surface area contributed by atoms with Crippen LogP contribution in [0.5, 0.6) is 0 Å². The van der Waals surface area contributed by atoms with Gasteiger partial charge in [-0.2, -0.15) is 0 Å². The second kappa shape index (κ2) is 13.7. The molecule has 266 valence electrons. The molecule has 0 saturated heterocycles. The van der Waals surface area contributed by atoms with Crippen molar-refractivity contribution in [2.45, 2.75) is 19.3 Å². The molecule has 0 bridgehead atoms. The lowest BCUT2D eigenvalue weighted by Crippen LogP contribution is -2.16. The van der Waals surface area contributed by atoms with Gasteiger partial charge in [-0.3, -0.25) is 0 Å². The zero-order valence-corrected chi connectivity index (χ0v) is 31.7. The third kappa shape index (κ3) is 5.81. The maximum absolute atomic E-state index is 2.46. The van der Waals surface area contributed by atoms with Crippen LogP contribution in [0.2, 0.25) is 0 Å². The smallest absolute Gasteiger partial charge is 0.0546 e. The molecule has 1 aliphatic rings. The quantitative estimate of drug-likeness (QED) is 0.159. The Bertz CT molecular complexity index is 2820. The Hall–Kier alpha value is -6.96. The molecule has 10 rings (SSSR count). The van der Waals surface area contributed by atoms with Gasteiger partial charge in [0.05, 0.1) is 5.69 Å². The van der Waals surface area contributed by atoms with Crippen LogP contribution in [0.3, 0.4) is 0 Å². The first kappa shape index (κ1) is 33.6. The monoisotopic (exact) mass is 715 g/mol. The summed E-state index contributed by atoms with van der Waals surface area (Å²) < 4.78 is 0. The van der Waals surface area contributed by atoms with Crippen molar-refractivity contribution in [1.82, 2.24) is 0 Å². The summed E-state index contributed by atoms with van der Waals surface area (Å²) in [5.41, 5.74) is 18.4. The van der Waals surface area contributed by atoms with Gasteiger partial charge in [0.25, 0.3) is 0 Å². The van der Waals surface area contributed by atoms with Gasteiger partial charge in [-0.15, -0.1) is 0 Å². The van der Waals surface area contributed by atoms with E-state index in [1.54, 1.807) is 0 Å². The summed E-state index contributed by atoms with van der Waals surface area (Å²) in [5.74, 6) is 0. The summed E-state index contributed by atoms with van der Waals surface area (Å²) in [6.45, 7) is 4.77. The van der Waals surface area contributed by atoms with Crippen molar-refractivity contribution < 1.29 is 0 Å². The van der Waals surface area contributed by atoms with E-state index >= 15 is 0 Å². The molecule has 9 aromatic rings. The van der Waals surface area contributed by atoms with Crippen LogP contribution in [0.15, 0.2) is 212 Å². The molecule has 0 spiro atoms. The SMILES string of the molecule is CC1(C)c2ccc(-c3ccccc3)cc2-c2cc(N(c3ccc(-c4ccccc4)cc3)c3ccc(-c4ccc(-c5ccccc5)cc4)cc3)c3ccccc3c21. The lowest BCUT2D eigenvalue weighted by Gasteiger charge is -2.30. The highest BCUT2D eigenvalue weighted by Crippen LogP contribution is 2.55. The lowest BCUT2D eigenvalue weighted by atomic mass is 9.79. The van der Waals surface area contributed by atoms with Gasteiger partial charge < -0.3 is 4.90 Å². The molecule has 9 aromatic carbocycles. The molecule has 0 fully saturated rings. The molecule has 0 saturated carbocycles. The topological polar surface area (TPSA) is 3.24 Å². The van der Waals surface area contributed by atoms with E-state index in [4.69, 9.17) is 0 Å². The van der Waals surface area contributed by atoms with Crippen molar-refractivity contribution in [2.24, 2.45) is 0 Å². The van der Waals surface area contributed by atoms with Gasteiger partial charge in [0, 0.05) is 22.2 Å². The highest BCUT2D eigenvalue weighted by atomic mass is 15.1. The molecular weight excluding hydrogens is 675 g/mol. The van der Waals surface area contributed by atoms with E-state index in [9.17, 15) is 0 Å². The van der Waals surface area contributed by atoms with Crippen LogP contribution in [0.4, 0.5) is 17.1 Å². The van der Waals surface area contributed by atoms with E-state index in [2.05, 4.69) is 231 Å². The van der Waals surface area contributed by atoms with Crippen molar-refractivity contribution in [3.05, 3.63) is 223 Å². The summed E-state index contributed by atoms with van der Waals surface area (Å²) in [5, 5.41) is 2.53. The molecule has 1 aliphatic carbocycles. The number of benzene rings is 9. The molecule has 0 unspecified atom stereocenters. The average molecular weight is 716 g/mol. The Morgan fingerprint density at radius 2 is 0.696 bits per heavy atom. The molecule has 1 nitrogen and oxygen atoms in total. The molecular formula is C55H41N. The van der Waals surface area contributed by atoms with Crippen molar-refractivity contribution in [3.8, 4) is 55.6 Å². The Balaban J connectivity index is 1.13. The Morgan fingerprint density at radius 1 is 0.321 bits per heavy atom. The molecule has 0 radical (unpaired) electrons. The third-order valence-electron chi connectivity index (χ3n) is 11.7. The highest BCUT2D eigenvalue weighted by Gasteiger charge is 2.38. The van der Waals surface area contributed by atoms with Gasteiger partial charge in [-0.05, 0) is 109 Å². The largest absolute Gasteiger partial charge is 0.310 e. The predicted molar refractivity (Wildman–Crippen MR) is 238 cm³/mol. The third-order valence-corrected chi connectivity index (χ3v) is 11.7. The Labute approximate surface area is 329 Å². The Kier molecular flexibility index (Phi) is 8.23. The summed E-state index contributed by atoms with van der Waals surface area (Å²) >= 11 is 0. The van der Waals surface area contributed by atoms with Crippen LogP contribution >= 0.6 is 0 Å². The number of rotatable bonds is 7. The molecule has 0 N–H and O–H groups in total. The van der Waals surface area contributed by atoms with Crippen molar-refractivity contribution in [3.63, 3.8) is 0 Å². The summed E-state index contributed by atoms with van der Waals surface area (Å²) in [7, 11) is 0. The van der Waals surface area contributed by atoms with Gasteiger partial charge in [-0.25, -0.2) is 0 Å². The fourth-order valence-electron chi connectivity index (χ4n) is 8.83. The maximum atomic E-state index is 2.46. The number of fused-ring (bicyclic) bond motifs is 5. The fraction of sp³-hybridized carbons (Fsp3) is 0.0545. The van der Waals surface area contributed by atoms with Gasteiger partial charge in [0.2, 0.25) is 0 Å². The summed E-state index contributed by atoms with van der Waals surface area (Å²) in [4.78, 5) is 2.45. The van der Waals surface area contributed by atoms with E-state index < -0.39 is 0 Å². The highest BCUT2D eigenvalue weighted by molar-refractivity contribution is 6.07. The van der Waals surface area contributed by atoms with E-state index in [-0.39, 0.29) is 5.41 Å². The first-order valence-electron chi connectivity index (χ1n) is 19.5. The second-order valence-corrected chi connectivity index (χ2v) is 15.4. The lowest BCUT2D eigenvalue weighted by molar-refractivity contribution is 0.666. The van der Waals surface area contributed by atoms with Crippen molar-refractivity contribution in [2.75, 3.05) is 4.90 Å². The van der Waals surface area contributed by atoms with Crippen LogP contribution in [0, 0.1) is 0 Å². The molecule has 0 amide bonds. The number of hydrogen-bond donors (Lipinski definition) is 0. The first-order chi connectivity index (χ1) is 27.5. The number of anilines is 3. The van der Waals surface area contributed by atoms with E-state index in [0.29, 0.717) is 0 Å². The fourth-order valence-corrected chi connectivity index (χ4v) is 8.83. The van der Waals surface area contributed by atoms with Crippen LogP contribution in [-0.4, -0.2) is 0 Å². The van der Waals surface area contributed by atoms with Crippen molar-refractivity contribution in [1.29, 1.82) is 0 Å². The minimum absolute atomic E-state index is 0.155. The Morgan fingerprint density at radius 3 is 1.18 bits per heavy atom. The van der Waals surface area contributed by atoms with Crippen LogP contribution < -0.4 is 4.90 Å². The average Bonchev–Trinajstić information content (AvgIpc) is 3.50.